The van der Waals surface area contributed by atoms with Gasteiger partial charge in [-0.2, -0.15) is 0 Å². The van der Waals surface area contributed by atoms with Gasteiger partial charge in [-0.05, 0) is 36.8 Å². The molecule has 0 bridgehead atoms. The van der Waals surface area contributed by atoms with Crippen molar-refractivity contribution in [3.8, 4) is 11.3 Å². The number of aromatic carboxylic acids is 1. The third-order valence-electron chi connectivity index (χ3n) is 2.28. The lowest BCUT2D eigenvalue weighted by molar-refractivity contribution is 0.0689. The maximum Gasteiger partial charge on any atom is 0.356 e. The fourth-order valence-electron chi connectivity index (χ4n) is 1.42. The molecule has 0 unspecified atom stereocenters. The van der Waals surface area contributed by atoms with Gasteiger partial charge in [0.1, 0.15) is 5.82 Å². The van der Waals surface area contributed by atoms with Gasteiger partial charge in [0.25, 0.3) is 0 Å². The number of nitrogens with zero attached hydrogens (tertiary/aromatic N) is 2. The lowest BCUT2D eigenvalue weighted by Crippen LogP contribution is -2.02. The molecule has 4 nitrogen and oxygen atoms in total. The second-order valence-corrected chi connectivity index (χ2v) is 3.59. The summed E-state index contributed by atoms with van der Waals surface area (Å²) in [5, 5.41) is 15.9. The Morgan fingerprint density at radius 1 is 1.24 bits per heavy atom. The van der Waals surface area contributed by atoms with E-state index in [9.17, 15) is 9.18 Å². The third kappa shape index (κ3) is 2.28. The first-order chi connectivity index (χ1) is 8.08. The van der Waals surface area contributed by atoms with Crippen molar-refractivity contribution in [1.29, 1.82) is 0 Å². The zero-order valence-electron chi connectivity index (χ0n) is 9.01. The number of benzene rings is 1. The number of aryl methyl sites for hydroxylation is 1. The van der Waals surface area contributed by atoms with Gasteiger partial charge in [-0.3, -0.25) is 0 Å². The SMILES string of the molecule is Cc1ccc(-c2ccc(C(=O)O)nn2)c(F)c1. The van der Waals surface area contributed by atoms with E-state index >= 15 is 0 Å². The Labute approximate surface area is 96.7 Å². The molecule has 1 N–H and O–H groups in total. The van der Waals surface area contributed by atoms with Gasteiger partial charge >= 0.3 is 5.97 Å². The summed E-state index contributed by atoms with van der Waals surface area (Å²) in [4.78, 5) is 10.6. The predicted octanol–water partition coefficient (Wildman–Crippen LogP) is 2.29. The Morgan fingerprint density at radius 2 is 2.00 bits per heavy atom. The van der Waals surface area contributed by atoms with Crippen molar-refractivity contribution in [2.24, 2.45) is 0 Å². The fraction of sp³-hybridized carbons (Fsp3) is 0.0833. The summed E-state index contributed by atoms with van der Waals surface area (Å²) in [6.07, 6.45) is 0. The minimum Gasteiger partial charge on any atom is -0.476 e. The van der Waals surface area contributed by atoms with Crippen LogP contribution in [0.25, 0.3) is 11.3 Å². The van der Waals surface area contributed by atoms with Gasteiger partial charge in [0, 0.05) is 5.56 Å². The van der Waals surface area contributed by atoms with Crippen LogP contribution in [0.3, 0.4) is 0 Å². The Hall–Kier alpha value is -2.30. The molecule has 2 aromatic rings. The molecule has 0 saturated carbocycles. The Balaban J connectivity index is 2.43. The molecule has 0 fully saturated rings. The molecule has 0 amide bonds. The quantitative estimate of drug-likeness (QED) is 0.862. The van der Waals surface area contributed by atoms with E-state index in [4.69, 9.17) is 5.11 Å². The number of carboxylic acid groups (broad SMARTS) is 1. The Morgan fingerprint density at radius 3 is 2.53 bits per heavy atom. The molecule has 0 aliphatic heterocycles. The minimum atomic E-state index is -1.16. The summed E-state index contributed by atoms with van der Waals surface area (Å²) in [5.74, 6) is -1.56. The topological polar surface area (TPSA) is 63.1 Å². The summed E-state index contributed by atoms with van der Waals surface area (Å²) >= 11 is 0. The van der Waals surface area contributed by atoms with Gasteiger partial charge in [0.15, 0.2) is 5.69 Å². The molecular weight excluding hydrogens is 223 g/mol. The highest BCUT2D eigenvalue weighted by atomic mass is 19.1. The zero-order chi connectivity index (χ0) is 12.4. The number of rotatable bonds is 2. The molecule has 17 heavy (non-hydrogen) atoms. The highest BCUT2D eigenvalue weighted by molar-refractivity contribution is 5.85. The first-order valence-corrected chi connectivity index (χ1v) is 4.91. The van der Waals surface area contributed by atoms with Crippen LogP contribution < -0.4 is 0 Å². The highest BCUT2D eigenvalue weighted by Gasteiger charge is 2.09. The van der Waals surface area contributed by atoms with Crippen LogP contribution in [0.2, 0.25) is 0 Å². The van der Waals surface area contributed by atoms with Crippen molar-refractivity contribution in [2.45, 2.75) is 6.92 Å². The van der Waals surface area contributed by atoms with Crippen LogP contribution >= 0.6 is 0 Å². The van der Waals surface area contributed by atoms with E-state index in [1.165, 1.54) is 18.2 Å². The second-order valence-electron chi connectivity index (χ2n) is 3.59. The van der Waals surface area contributed by atoms with E-state index in [0.717, 1.165) is 5.56 Å². The lowest BCUT2D eigenvalue weighted by Gasteiger charge is -2.03. The monoisotopic (exact) mass is 232 g/mol. The number of carboxylic acids is 1. The molecular formula is C12H9FN2O2. The molecule has 0 aliphatic rings. The number of carbonyl (C=O) groups is 1. The first-order valence-electron chi connectivity index (χ1n) is 4.91. The van der Waals surface area contributed by atoms with Gasteiger partial charge in [-0.25, -0.2) is 9.18 Å². The van der Waals surface area contributed by atoms with Gasteiger partial charge in [0.05, 0.1) is 5.69 Å². The largest absolute Gasteiger partial charge is 0.476 e. The van der Waals surface area contributed by atoms with Crippen LogP contribution in [0.5, 0.6) is 0 Å². The second kappa shape index (κ2) is 4.29. The van der Waals surface area contributed by atoms with Crippen LogP contribution in [0, 0.1) is 12.7 Å². The van der Waals surface area contributed by atoms with E-state index in [-0.39, 0.29) is 5.69 Å². The van der Waals surface area contributed by atoms with Crippen LogP contribution in [-0.4, -0.2) is 21.3 Å². The van der Waals surface area contributed by atoms with Crippen LogP contribution in [-0.2, 0) is 0 Å². The minimum absolute atomic E-state index is 0.165. The van der Waals surface area contributed by atoms with E-state index in [0.29, 0.717) is 11.3 Å². The Bertz CT molecular complexity index is 567. The lowest BCUT2D eigenvalue weighted by atomic mass is 10.1. The zero-order valence-corrected chi connectivity index (χ0v) is 9.01. The van der Waals surface area contributed by atoms with Crippen molar-refractivity contribution in [2.75, 3.05) is 0 Å². The van der Waals surface area contributed by atoms with Crippen LogP contribution in [0.4, 0.5) is 4.39 Å². The molecule has 2 rings (SSSR count). The summed E-state index contributed by atoms with van der Waals surface area (Å²) < 4.78 is 13.6. The molecule has 5 heteroatoms. The average Bonchev–Trinajstić information content (AvgIpc) is 2.29. The molecule has 0 aliphatic carbocycles. The maximum absolute atomic E-state index is 13.6. The van der Waals surface area contributed by atoms with E-state index in [2.05, 4.69) is 10.2 Å². The number of aromatic nitrogens is 2. The van der Waals surface area contributed by atoms with Gasteiger partial charge in [0.2, 0.25) is 0 Å². The van der Waals surface area contributed by atoms with Crippen molar-refractivity contribution in [3.63, 3.8) is 0 Å². The molecule has 86 valence electrons. The predicted molar refractivity (Wildman–Crippen MR) is 59.1 cm³/mol. The highest BCUT2D eigenvalue weighted by Crippen LogP contribution is 2.21. The smallest absolute Gasteiger partial charge is 0.356 e. The number of hydrogen-bond acceptors (Lipinski definition) is 3. The average molecular weight is 232 g/mol. The summed E-state index contributed by atoms with van der Waals surface area (Å²) in [7, 11) is 0. The number of hydrogen-bond donors (Lipinski definition) is 1. The molecule has 0 saturated heterocycles. The van der Waals surface area contributed by atoms with Crippen molar-refractivity contribution >= 4 is 5.97 Å². The van der Waals surface area contributed by atoms with E-state index in [1.807, 2.05) is 0 Å². The van der Waals surface area contributed by atoms with Crippen LogP contribution in [0.15, 0.2) is 30.3 Å². The van der Waals surface area contributed by atoms with Crippen molar-refractivity contribution in [1.82, 2.24) is 10.2 Å². The van der Waals surface area contributed by atoms with Gasteiger partial charge in [-0.15, -0.1) is 10.2 Å². The number of halogens is 1. The maximum atomic E-state index is 13.6. The van der Waals surface area contributed by atoms with Crippen molar-refractivity contribution in [3.05, 3.63) is 47.4 Å². The first kappa shape index (κ1) is 11.2. The van der Waals surface area contributed by atoms with Crippen molar-refractivity contribution < 1.29 is 14.3 Å². The molecule has 1 aromatic carbocycles. The fourth-order valence-corrected chi connectivity index (χ4v) is 1.42. The normalized spacial score (nSPS) is 10.2. The molecule has 1 aromatic heterocycles. The summed E-state index contributed by atoms with van der Waals surface area (Å²) in [5.41, 5.74) is 1.26. The van der Waals surface area contributed by atoms with E-state index in [1.54, 1.807) is 19.1 Å². The van der Waals surface area contributed by atoms with E-state index < -0.39 is 11.8 Å². The summed E-state index contributed by atoms with van der Waals surface area (Å²) in [6.45, 7) is 1.78. The standard InChI is InChI=1S/C12H9FN2O2/c1-7-2-3-8(9(13)6-7)10-4-5-11(12(16)17)15-14-10/h2-6H,1H3,(H,16,17). The summed E-state index contributed by atoms with van der Waals surface area (Å²) in [6, 6.07) is 7.47. The molecule has 1 heterocycles. The van der Waals surface area contributed by atoms with Gasteiger partial charge in [-0.1, -0.05) is 6.07 Å². The molecule has 0 spiro atoms. The molecule has 0 radical (unpaired) electrons. The molecule has 0 atom stereocenters. The van der Waals surface area contributed by atoms with Gasteiger partial charge < -0.3 is 5.11 Å². The van der Waals surface area contributed by atoms with Crippen LogP contribution in [0.1, 0.15) is 16.1 Å². The third-order valence-corrected chi connectivity index (χ3v) is 2.28. The Kier molecular flexibility index (Phi) is 2.82.